The summed E-state index contributed by atoms with van der Waals surface area (Å²) in [4.78, 5) is 14.9. The van der Waals surface area contributed by atoms with Gasteiger partial charge >= 0.3 is 0 Å². The van der Waals surface area contributed by atoms with E-state index in [2.05, 4.69) is 4.98 Å². The molecule has 0 N–H and O–H groups in total. The van der Waals surface area contributed by atoms with Gasteiger partial charge < -0.3 is 9.15 Å². The fourth-order valence-electron chi connectivity index (χ4n) is 2.13. The van der Waals surface area contributed by atoms with Gasteiger partial charge in [-0.2, -0.15) is 0 Å². The van der Waals surface area contributed by atoms with Gasteiger partial charge in [0.25, 0.3) is 0 Å². The number of carbonyl (C=O) groups is 1. The SMILES string of the molecule is O=Cc1ccc(-c2cccc(OCCc3ccccn3)c2)o1. The molecule has 3 rings (SSSR count). The summed E-state index contributed by atoms with van der Waals surface area (Å²) in [5, 5.41) is 0. The zero-order valence-electron chi connectivity index (χ0n) is 11.9. The number of aldehydes is 1. The van der Waals surface area contributed by atoms with E-state index in [4.69, 9.17) is 9.15 Å². The minimum absolute atomic E-state index is 0.316. The van der Waals surface area contributed by atoms with Crippen molar-refractivity contribution >= 4 is 6.29 Å². The Morgan fingerprint density at radius 2 is 2.05 bits per heavy atom. The van der Waals surface area contributed by atoms with Gasteiger partial charge in [-0.25, -0.2) is 0 Å². The van der Waals surface area contributed by atoms with Gasteiger partial charge in [-0.05, 0) is 36.4 Å². The molecule has 1 aromatic carbocycles. The van der Waals surface area contributed by atoms with Gasteiger partial charge in [0, 0.05) is 23.9 Å². The summed E-state index contributed by atoms with van der Waals surface area (Å²) < 4.78 is 11.2. The van der Waals surface area contributed by atoms with Crippen LogP contribution in [0.2, 0.25) is 0 Å². The molecule has 2 heterocycles. The smallest absolute Gasteiger partial charge is 0.185 e. The molecule has 0 saturated heterocycles. The lowest BCUT2D eigenvalue weighted by molar-refractivity contribution is 0.110. The van der Waals surface area contributed by atoms with Crippen LogP contribution in [0.1, 0.15) is 16.2 Å². The Morgan fingerprint density at radius 1 is 1.09 bits per heavy atom. The maximum absolute atomic E-state index is 10.7. The molecule has 2 aromatic heterocycles. The summed E-state index contributed by atoms with van der Waals surface area (Å²) in [5.41, 5.74) is 1.88. The average Bonchev–Trinajstić information content (AvgIpc) is 3.05. The number of furan rings is 1. The van der Waals surface area contributed by atoms with Crippen molar-refractivity contribution in [2.24, 2.45) is 0 Å². The topological polar surface area (TPSA) is 52.3 Å². The lowest BCUT2D eigenvalue weighted by Gasteiger charge is -2.07. The van der Waals surface area contributed by atoms with Gasteiger partial charge in [0.2, 0.25) is 0 Å². The molecule has 3 aromatic rings. The van der Waals surface area contributed by atoms with Crippen molar-refractivity contribution in [1.82, 2.24) is 4.98 Å². The molecular formula is C18H15NO3. The van der Waals surface area contributed by atoms with E-state index < -0.39 is 0 Å². The molecular weight excluding hydrogens is 278 g/mol. The number of rotatable bonds is 6. The van der Waals surface area contributed by atoms with E-state index >= 15 is 0 Å². The third-order valence-electron chi connectivity index (χ3n) is 3.21. The van der Waals surface area contributed by atoms with E-state index in [0.717, 1.165) is 23.4 Å². The standard InChI is InChI=1S/C18H15NO3/c20-13-17-7-8-18(22-17)14-4-3-6-16(12-14)21-11-9-15-5-1-2-10-19-15/h1-8,10,12-13H,9,11H2. The van der Waals surface area contributed by atoms with E-state index in [1.54, 1.807) is 18.3 Å². The zero-order chi connectivity index (χ0) is 15.2. The minimum atomic E-state index is 0.316. The lowest BCUT2D eigenvalue weighted by Crippen LogP contribution is -2.02. The van der Waals surface area contributed by atoms with Crippen LogP contribution in [0.5, 0.6) is 5.75 Å². The van der Waals surface area contributed by atoms with Crippen LogP contribution in [0.3, 0.4) is 0 Å². The van der Waals surface area contributed by atoms with Crippen molar-refractivity contribution in [2.45, 2.75) is 6.42 Å². The first-order valence-corrected chi connectivity index (χ1v) is 7.03. The Bertz CT molecular complexity index is 750. The molecule has 4 heteroatoms. The van der Waals surface area contributed by atoms with Crippen LogP contribution in [0.4, 0.5) is 0 Å². The second kappa shape index (κ2) is 6.72. The van der Waals surface area contributed by atoms with E-state index in [-0.39, 0.29) is 0 Å². The molecule has 0 atom stereocenters. The van der Waals surface area contributed by atoms with Crippen LogP contribution in [-0.4, -0.2) is 17.9 Å². The first-order chi connectivity index (χ1) is 10.8. The Morgan fingerprint density at radius 3 is 2.82 bits per heavy atom. The number of nitrogens with zero attached hydrogens (tertiary/aromatic N) is 1. The summed E-state index contributed by atoms with van der Waals surface area (Å²) in [6, 6.07) is 16.9. The molecule has 0 unspecified atom stereocenters. The highest BCUT2D eigenvalue weighted by molar-refractivity contribution is 5.73. The van der Waals surface area contributed by atoms with Crippen LogP contribution in [0.15, 0.2) is 65.2 Å². The fraction of sp³-hybridized carbons (Fsp3) is 0.111. The normalized spacial score (nSPS) is 10.4. The number of hydrogen-bond donors (Lipinski definition) is 0. The second-order valence-corrected chi connectivity index (χ2v) is 4.77. The summed E-state index contributed by atoms with van der Waals surface area (Å²) in [6.07, 6.45) is 3.22. The predicted octanol–water partition coefficient (Wildman–Crippen LogP) is 3.78. The summed E-state index contributed by atoms with van der Waals surface area (Å²) in [5.74, 6) is 1.73. The number of benzene rings is 1. The molecule has 110 valence electrons. The summed E-state index contributed by atoms with van der Waals surface area (Å²) in [7, 11) is 0. The lowest BCUT2D eigenvalue weighted by atomic mass is 10.1. The number of aromatic nitrogens is 1. The van der Waals surface area contributed by atoms with E-state index in [9.17, 15) is 4.79 Å². The van der Waals surface area contributed by atoms with Crippen LogP contribution in [0.25, 0.3) is 11.3 Å². The van der Waals surface area contributed by atoms with Crippen molar-refractivity contribution in [3.63, 3.8) is 0 Å². The zero-order valence-corrected chi connectivity index (χ0v) is 11.9. The molecule has 0 spiro atoms. The molecule has 22 heavy (non-hydrogen) atoms. The van der Waals surface area contributed by atoms with Gasteiger partial charge in [-0.1, -0.05) is 18.2 Å². The average molecular weight is 293 g/mol. The number of ether oxygens (including phenoxy) is 1. The molecule has 4 nitrogen and oxygen atoms in total. The van der Waals surface area contributed by atoms with Crippen molar-refractivity contribution in [2.75, 3.05) is 6.61 Å². The Kier molecular flexibility index (Phi) is 4.30. The largest absolute Gasteiger partial charge is 0.493 e. The highest BCUT2D eigenvalue weighted by Crippen LogP contribution is 2.25. The number of carbonyl (C=O) groups excluding carboxylic acids is 1. The van der Waals surface area contributed by atoms with Crippen LogP contribution < -0.4 is 4.74 Å². The first kappa shape index (κ1) is 14.1. The predicted molar refractivity (Wildman–Crippen MR) is 83.0 cm³/mol. The molecule has 0 aliphatic heterocycles. The van der Waals surface area contributed by atoms with Gasteiger partial charge in [-0.3, -0.25) is 9.78 Å². The minimum Gasteiger partial charge on any atom is -0.493 e. The van der Waals surface area contributed by atoms with Crippen molar-refractivity contribution in [3.8, 4) is 17.1 Å². The Labute approximate surface area is 128 Å². The number of pyridine rings is 1. The maximum atomic E-state index is 10.7. The fourth-order valence-corrected chi connectivity index (χ4v) is 2.13. The quantitative estimate of drug-likeness (QED) is 0.649. The van der Waals surface area contributed by atoms with E-state index in [1.165, 1.54) is 0 Å². The molecule has 0 saturated carbocycles. The van der Waals surface area contributed by atoms with E-state index in [1.807, 2.05) is 42.5 Å². The van der Waals surface area contributed by atoms with Gasteiger partial charge in [0.15, 0.2) is 12.0 Å². The number of hydrogen-bond acceptors (Lipinski definition) is 4. The van der Waals surface area contributed by atoms with Crippen molar-refractivity contribution < 1.29 is 13.9 Å². The summed E-state index contributed by atoms with van der Waals surface area (Å²) in [6.45, 7) is 0.554. The van der Waals surface area contributed by atoms with Gasteiger partial charge in [-0.15, -0.1) is 0 Å². The highest BCUT2D eigenvalue weighted by atomic mass is 16.5. The third kappa shape index (κ3) is 3.41. The van der Waals surface area contributed by atoms with Crippen LogP contribution in [0, 0.1) is 0 Å². The van der Waals surface area contributed by atoms with E-state index in [0.29, 0.717) is 24.4 Å². The second-order valence-electron chi connectivity index (χ2n) is 4.77. The first-order valence-electron chi connectivity index (χ1n) is 7.03. The molecule has 0 amide bonds. The molecule has 0 aliphatic rings. The summed E-state index contributed by atoms with van der Waals surface area (Å²) >= 11 is 0. The monoisotopic (exact) mass is 293 g/mol. The third-order valence-corrected chi connectivity index (χ3v) is 3.21. The molecule has 0 bridgehead atoms. The van der Waals surface area contributed by atoms with Crippen LogP contribution in [-0.2, 0) is 6.42 Å². The van der Waals surface area contributed by atoms with Crippen LogP contribution >= 0.6 is 0 Å². The molecule has 0 radical (unpaired) electrons. The van der Waals surface area contributed by atoms with Gasteiger partial charge in [0.05, 0.1) is 6.61 Å². The highest BCUT2D eigenvalue weighted by Gasteiger charge is 2.05. The Balaban J connectivity index is 1.65. The Hall–Kier alpha value is -2.88. The molecule has 0 aliphatic carbocycles. The molecule has 0 fully saturated rings. The van der Waals surface area contributed by atoms with Crippen molar-refractivity contribution in [1.29, 1.82) is 0 Å². The maximum Gasteiger partial charge on any atom is 0.185 e. The van der Waals surface area contributed by atoms with Crippen molar-refractivity contribution in [3.05, 3.63) is 72.2 Å². The van der Waals surface area contributed by atoms with Gasteiger partial charge in [0.1, 0.15) is 11.5 Å².